The molecule has 0 bridgehead atoms. The number of aromatic nitrogens is 2. The van der Waals surface area contributed by atoms with Crippen LogP contribution in [0.5, 0.6) is 0 Å². The number of ether oxygens (including phenoxy) is 2. The van der Waals surface area contributed by atoms with E-state index in [1.807, 2.05) is 45.0 Å². The van der Waals surface area contributed by atoms with Crippen LogP contribution in [0.2, 0.25) is 0 Å². The first kappa shape index (κ1) is 24.4. The molecule has 2 amide bonds. The Kier molecular flexibility index (Phi) is 7.53. The molecule has 2 aromatic rings. The minimum absolute atomic E-state index is 0.0639. The Morgan fingerprint density at radius 3 is 2.55 bits per heavy atom. The number of hydrogen-bond acceptors (Lipinski definition) is 6. The molecule has 1 aromatic heterocycles. The molecular weight excluding hydrogens is 424 g/mol. The number of fused-ring (bicyclic) bond motifs is 1. The van der Waals surface area contributed by atoms with Crippen molar-refractivity contribution in [1.29, 1.82) is 0 Å². The summed E-state index contributed by atoms with van der Waals surface area (Å²) in [7, 11) is 1.24. The Bertz CT molecular complexity index is 1010. The Hall–Kier alpha value is -3.20. The maximum Gasteiger partial charge on any atom is 0.359 e. The van der Waals surface area contributed by atoms with Crippen molar-refractivity contribution in [3.8, 4) is 0 Å². The standard InChI is InChI=1S/C24H32N4O5/c1-6-17-8-10-18(11-9-17)28-21(29)20-19(22(30)32-5)26-15-27(20)14-24(28,4)23(31)25-12-7-13-33-16(2)3/h8-11,15-16H,6-7,12-14H2,1-5H3,(H,25,31)/t24-/m0/s1. The lowest BCUT2D eigenvalue weighted by molar-refractivity contribution is -0.126. The smallest absolute Gasteiger partial charge is 0.359 e. The van der Waals surface area contributed by atoms with Gasteiger partial charge in [-0.25, -0.2) is 9.78 Å². The van der Waals surface area contributed by atoms with Gasteiger partial charge in [0.25, 0.3) is 5.91 Å². The van der Waals surface area contributed by atoms with E-state index in [1.54, 1.807) is 11.5 Å². The van der Waals surface area contributed by atoms with Crippen LogP contribution in [0.3, 0.4) is 0 Å². The van der Waals surface area contributed by atoms with Crippen LogP contribution in [0.1, 0.15) is 60.7 Å². The molecule has 0 unspecified atom stereocenters. The van der Waals surface area contributed by atoms with Crippen molar-refractivity contribution in [3.63, 3.8) is 0 Å². The van der Waals surface area contributed by atoms with Crippen molar-refractivity contribution in [3.05, 3.63) is 47.5 Å². The monoisotopic (exact) mass is 456 g/mol. The summed E-state index contributed by atoms with van der Waals surface area (Å²) in [4.78, 5) is 44.9. The fourth-order valence-electron chi connectivity index (χ4n) is 3.94. The third-order valence-electron chi connectivity index (χ3n) is 5.74. The van der Waals surface area contributed by atoms with Gasteiger partial charge in [-0.05, 0) is 51.3 Å². The molecule has 0 aliphatic carbocycles. The normalized spacial score (nSPS) is 17.8. The lowest BCUT2D eigenvalue weighted by Gasteiger charge is -2.43. The third-order valence-corrected chi connectivity index (χ3v) is 5.74. The van der Waals surface area contributed by atoms with Gasteiger partial charge >= 0.3 is 5.97 Å². The highest BCUT2D eigenvalue weighted by molar-refractivity contribution is 6.15. The Morgan fingerprint density at radius 2 is 1.94 bits per heavy atom. The molecule has 0 fully saturated rings. The van der Waals surface area contributed by atoms with Crippen LogP contribution in [-0.4, -0.2) is 59.2 Å². The highest BCUT2D eigenvalue weighted by atomic mass is 16.5. The highest BCUT2D eigenvalue weighted by Gasteiger charge is 2.49. The Balaban J connectivity index is 1.95. The van der Waals surface area contributed by atoms with Gasteiger partial charge in [-0.3, -0.25) is 14.5 Å². The largest absolute Gasteiger partial charge is 0.464 e. The van der Waals surface area contributed by atoms with E-state index in [0.29, 0.717) is 25.3 Å². The first-order chi connectivity index (χ1) is 15.7. The number of nitrogens with zero attached hydrogens (tertiary/aromatic N) is 3. The molecule has 1 N–H and O–H groups in total. The summed E-state index contributed by atoms with van der Waals surface area (Å²) in [6.45, 7) is 8.77. The number of esters is 1. The molecule has 0 saturated carbocycles. The summed E-state index contributed by atoms with van der Waals surface area (Å²) in [6.07, 6.45) is 3.03. The summed E-state index contributed by atoms with van der Waals surface area (Å²) in [5.41, 5.74) is 0.495. The van der Waals surface area contributed by atoms with Crippen LogP contribution in [0.25, 0.3) is 0 Å². The second-order valence-electron chi connectivity index (χ2n) is 8.52. The van der Waals surface area contributed by atoms with Gasteiger partial charge in [0.05, 0.1) is 26.1 Å². The van der Waals surface area contributed by atoms with Crippen molar-refractivity contribution in [2.24, 2.45) is 0 Å². The maximum absolute atomic E-state index is 13.7. The van der Waals surface area contributed by atoms with E-state index in [9.17, 15) is 14.4 Å². The molecule has 0 radical (unpaired) electrons. The summed E-state index contributed by atoms with van der Waals surface area (Å²) in [6, 6.07) is 7.50. The van der Waals surface area contributed by atoms with Gasteiger partial charge in [-0.15, -0.1) is 0 Å². The van der Waals surface area contributed by atoms with Crippen LogP contribution in [0, 0.1) is 0 Å². The van der Waals surface area contributed by atoms with Gasteiger partial charge in [0.1, 0.15) is 11.2 Å². The van der Waals surface area contributed by atoms with Crippen LogP contribution in [-0.2, 0) is 27.2 Å². The zero-order chi connectivity index (χ0) is 24.2. The van der Waals surface area contributed by atoms with E-state index in [0.717, 1.165) is 12.0 Å². The summed E-state index contributed by atoms with van der Waals surface area (Å²) in [5, 5.41) is 2.94. The zero-order valence-electron chi connectivity index (χ0n) is 19.9. The van der Waals surface area contributed by atoms with Crippen molar-refractivity contribution < 1.29 is 23.9 Å². The van der Waals surface area contributed by atoms with E-state index in [-0.39, 0.29) is 29.9 Å². The predicted octanol–water partition coefficient (Wildman–Crippen LogP) is 2.58. The number of anilines is 1. The van der Waals surface area contributed by atoms with E-state index in [2.05, 4.69) is 10.3 Å². The lowest BCUT2D eigenvalue weighted by atomic mass is 9.93. The number of imidazole rings is 1. The molecule has 1 aliphatic heterocycles. The lowest BCUT2D eigenvalue weighted by Crippen LogP contribution is -2.64. The fraction of sp³-hybridized carbons (Fsp3) is 0.500. The molecule has 3 rings (SSSR count). The van der Waals surface area contributed by atoms with Crippen LogP contribution >= 0.6 is 0 Å². The van der Waals surface area contributed by atoms with Crippen molar-refractivity contribution in [2.45, 2.75) is 58.7 Å². The predicted molar refractivity (Wildman–Crippen MR) is 123 cm³/mol. The molecule has 1 aromatic carbocycles. The highest BCUT2D eigenvalue weighted by Crippen LogP contribution is 2.34. The molecule has 1 aliphatic rings. The number of rotatable bonds is 9. The number of nitrogens with one attached hydrogen (secondary N) is 1. The number of aryl methyl sites for hydroxylation is 1. The number of benzene rings is 1. The quantitative estimate of drug-likeness (QED) is 0.460. The van der Waals surface area contributed by atoms with E-state index in [1.165, 1.54) is 18.3 Å². The molecule has 9 nitrogen and oxygen atoms in total. The zero-order valence-corrected chi connectivity index (χ0v) is 19.9. The molecule has 9 heteroatoms. The van der Waals surface area contributed by atoms with Gasteiger partial charge in [-0.1, -0.05) is 19.1 Å². The molecule has 0 spiro atoms. The number of carbonyl (C=O) groups is 3. The van der Waals surface area contributed by atoms with Gasteiger partial charge in [0.15, 0.2) is 5.69 Å². The molecule has 1 atom stereocenters. The molecule has 178 valence electrons. The number of amides is 2. The first-order valence-electron chi connectivity index (χ1n) is 11.2. The molecule has 33 heavy (non-hydrogen) atoms. The third kappa shape index (κ3) is 4.93. The van der Waals surface area contributed by atoms with E-state index >= 15 is 0 Å². The maximum atomic E-state index is 13.7. The van der Waals surface area contributed by atoms with E-state index in [4.69, 9.17) is 9.47 Å². The molecule has 2 heterocycles. The van der Waals surface area contributed by atoms with Gasteiger partial charge in [0.2, 0.25) is 5.91 Å². The molecule has 0 saturated heterocycles. The molecular formula is C24H32N4O5. The number of hydrogen-bond donors (Lipinski definition) is 1. The van der Waals surface area contributed by atoms with Crippen LogP contribution < -0.4 is 10.2 Å². The topological polar surface area (TPSA) is 103 Å². The van der Waals surface area contributed by atoms with Crippen LogP contribution in [0.4, 0.5) is 5.69 Å². The van der Waals surface area contributed by atoms with Crippen molar-refractivity contribution >= 4 is 23.5 Å². The first-order valence-corrected chi connectivity index (χ1v) is 11.2. The van der Waals surface area contributed by atoms with E-state index < -0.39 is 17.4 Å². The summed E-state index contributed by atoms with van der Waals surface area (Å²) < 4.78 is 11.9. The van der Waals surface area contributed by atoms with Gasteiger partial charge < -0.3 is 19.4 Å². The summed E-state index contributed by atoms with van der Waals surface area (Å²) >= 11 is 0. The van der Waals surface area contributed by atoms with Crippen molar-refractivity contribution in [2.75, 3.05) is 25.2 Å². The minimum atomic E-state index is -1.23. The number of carbonyl (C=O) groups excluding carboxylic acids is 3. The SMILES string of the molecule is CCc1ccc(N2C(=O)c3c(C(=O)OC)ncn3C[C@@]2(C)C(=O)NCCCOC(C)C)cc1. The van der Waals surface area contributed by atoms with Gasteiger partial charge in [-0.2, -0.15) is 0 Å². The Labute approximate surface area is 194 Å². The van der Waals surface area contributed by atoms with Gasteiger partial charge in [0, 0.05) is 18.8 Å². The second kappa shape index (κ2) is 10.2. The van der Waals surface area contributed by atoms with Crippen LogP contribution in [0.15, 0.2) is 30.6 Å². The average Bonchev–Trinajstić information content (AvgIpc) is 3.22. The Morgan fingerprint density at radius 1 is 1.24 bits per heavy atom. The number of methoxy groups -OCH3 is 1. The van der Waals surface area contributed by atoms with Crippen molar-refractivity contribution in [1.82, 2.24) is 14.9 Å². The second-order valence-corrected chi connectivity index (χ2v) is 8.52. The average molecular weight is 457 g/mol. The fourth-order valence-corrected chi connectivity index (χ4v) is 3.94. The minimum Gasteiger partial charge on any atom is -0.464 e. The summed E-state index contributed by atoms with van der Waals surface area (Å²) in [5.74, 6) is -1.47.